The summed E-state index contributed by atoms with van der Waals surface area (Å²) in [6.07, 6.45) is 0.645. The van der Waals surface area contributed by atoms with Crippen molar-refractivity contribution >= 4 is 5.91 Å². The van der Waals surface area contributed by atoms with Gasteiger partial charge in [0, 0.05) is 6.04 Å². The standard InChI is InChI=1S/C18H21NO2/c1-14(12-13-15-8-4-2-5-9-15)19-18(21)17(20)16-10-6-3-7-11-16/h2-11,14,17,20H,12-13H2,1H3,(H,19,21). The summed E-state index contributed by atoms with van der Waals surface area (Å²) in [7, 11) is 0. The van der Waals surface area contributed by atoms with Crippen LogP contribution in [-0.2, 0) is 11.2 Å². The third-order valence-corrected chi connectivity index (χ3v) is 3.46. The zero-order chi connectivity index (χ0) is 15.1. The van der Waals surface area contributed by atoms with Crippen molar-refractivity contribution in [2.45, 2.75) is 31.9 Å². The SMILES string of the molecule is CC(CCc1ccccc1)NC(=O)C(O)c1ccccc1. The van der Waals surface area contributed by atoms with Crippen molar-refractivity contribution in [1.82, 2.24) is 5.32 Å². The number of hydrogen-bond donors (Lipinski definition) is 2. The highest BCUT2D eigenvalue weighted by molar-refractivity contribution is 5.82. The van der Waals surface area contributed by atoms with E-state index >= 15 is 0 Å². The van der Waals surface area contributed by atoms with E-state index in [0.29, 0.717) is 5.56 Å². The largest absolute Gasteiger partial charge is 0.378 e. The average Bonchev–Trinajstić information content (AvgIpc) is 2.54. The van der Waals surface area contributed by atoms with Crippen molar-refractivity contribution in [1.29, 1.82) is 0 Å². The molecule has 0 radical (unpaired) electrons. The van der Waals surface area contributed by atoms with Gasteiger partial charge in [0.2, 0.25) is 0 Å². The van der Waals surface area contributed by atoms with Gasteiger partial charge in [0.1, 0.15) is 0 Å². The number of rotatable bonds is 6. The van der Waals surface area contributed by atoms with Crippen LogP contribution in [0.1, 0.15) is 30.6 Å². The third-order valence-electron chi connectivity index (χ3n) is 3.46. The molecule has 2 unspecified atom stereocenters. The van der Waals surface area contributed by atoms with Crippen LogP contribution in [0.4, 0.5) is 0 Å². The van der Waals surface area contributed by atoms with E-state index in [1.807, 2.05) is 43.3 Å². The molecule has 0 aliphatic carbocycles. The topological polar surface area (TPSA) is 49.3 Å². The molecule has 0 bridgehead atoms. The van der Waals surface area contributed by atoms with Gasteiger partial charge < -0.3 is 10.4 Å². The lowest BCUT2D eigenvalue weighted by Crippen LogP contribution is -2.36. The van der Waals surface area contributed by atoms with Gasteiger partial charge in [-0.3, -0.25) is 4.79 Å². The Morgan fingerprint density at radius 1 is 1.05 bits per heavy atom. The Labute approximate surface area is 125 Å². The molecule has 0 saturated heterocycles. The fourth-order valence-corrected chi connectivity index (χ4v) is 2.21. The number of nitrogens with one attached hydrogen (secondary N) is 1. The minimum absolute atomic E-state index is 0.0241. The van der Waals surface area contributed by atoms with Gasteiger partial charge in [-0.05, 0) is 30.9 Å². The van der Waals surface area contributed by atoms with Crippen LogP contribution in [0.3, 0.4) is 0 Å². The van der Waals surface area contributed by atoms with Crippen LogP contribution in [0.5, 0.6) is 0 Å². The number of aryl methyl sites for hydroxylation is 1. The van der Waals surface area contributed by atoms with Crippen molar-refractivity contribution in [3.63, 3.8) is 0 Å². The van der Waals surface area contributed by atoms with Crippen LogP contribution in [0, 0.1) is 0 Å². The molecule has 0 aromatic heterocycles. The molecule has 2 aromatic rings. The van der Waals surface area contributed by atoms with E-state index in [1.165, 1.54) is 5.56 Å². The maximum atomic E-state index is 12.0. The van der Waals surface area contributed by atoms with Crippen molar-refractivity contribution in [3.05, 3.63) is 71.8 Å². The van der Waals surface area contributed by atoms with Crippen LogP contribution < -0.4 is 5.32 Å². The second-order valence-electron chi connectivity index (χ2n) is 5.25. The lowest BCUT2D eigenvalue weighted by molar-refractivity contribution is -0.130. The Hall–Kier alpha value is -2.13. The molecule has 3 heteroatoms. The van der Waals surface area contributed by atoms with Crippen LogP contribution in [-0.4, -0.2) is 17.1 Å². The summed E-state index contributed by atoms with van der Waals surface area (Å²) in [6, 6.07) is 19.2. The van der Waals surface area contributed by atoms with Crippen LogP contribution in [0.2, 0.25) is 0 Å². The summed E-state index contributed by atoms with van der Waals surface area (Å²) < 4.78 is 0. The molecule has 0 saturated carbocycles. The highest BCUT2D eigenvalue weighted by atomic mass is 16.3. The van der Waals surface area contributed by atoms with E-state index in [9.17, 15) is 9.90 Å². The molecular formula is C18H21NO2. The fourth-order valence-electron chi connectivity index (χ4n) is 2.21. The van der Waals surface area contributed by atoms with E-state index in [2.05, 4.69) is 17.4 Å². The Kier molecular flexibility index (Phi) is 5.52. The van der Waals surface area contributed by atoms with E-state index in [-0.39, 0.29) is 11.9 Å². The normalized spacial score (nSPS) is 13.4. The first-order valence-electron chi connectivity index (χ1n) is 7.24. The number of amides is 1. The number of carbonyl (C=O) groups is 1. The van der Waals surface area contributed by atoms with Gasteiger partial charge in [0.25, 0.3) is 5.91 Å². The van der Waals surface area contributed by atoms with Gasteiger partial charge in [-0.25, -0.2) is 0 Å². The molecule has 110 valence electrons. The molecule has 0 heterocycles. The summed E-state index contributed by atoms with van der Waals surface area (Å²) in [4.78, 5) is 12.0. The van der Waals surface area contributed by atoms with Crippen LogP contribution in [0.15, 0.2) is 60.7 Å². The van der Waals surface area contributed by atoms with E-state index in [1.54, 1.807) is 12.1 Å². The molecule has 0 fully saturated rings. The average molecular weight is 283 g/mol. The summed E-state index contributed by atoms with van der Waals surface area (Å²) >= 11 is 0. The lowest BCUT2D eigenvalue weighted by atomic mass is 10.1. The Bertz CT molecular complexity index is 554. The van der Waals surface area contributed by atoms with E-state index < -0.39 is 6.10 Å². The van der Waals surface area contributed by atoms with Gasteiger partial charge in [-0.15, -0.1) is 0 Å². The second kappa shape index (κ2) is 7.60. The van der Waals surface area contributed by atoms with E-state index in [0.717, 1.165) is 12.8 Å². The predicted molar refractivity (Wildman–Crippen MR) is 83.8 cm³/mol. The summed E-state index contributed by atoms with van der Waals surface area (Å²) in [6.45, 7) is 1.96. The van der Waals surface area contributed by atoms with Gasteiger partial charge in [-0.2, -0.15) is 0 Å². The maximum Gasteiger partial charge on any atom is 0.253 e. The molecule has 3 nitrogen and oxygen atoms in total. The van der Waals surface area contributed by atoms with Gasteiger partial charge in [0.05, 0.1) is 0 Å². The first-order chi connectivity index (χ1) is 10.2. The van der Waals surface area contributed by atoms with Crippen LogP contribution >= 0.6 is 0 Å². The number of aliphatic hydroxyl groups excluding tert-OH is 1. The van der Waals surface area contributed by atoms with Crippen molar-refractivity contribution in [3.8, 4) is 0 Å². The molecule has 0 spiro atoms. The highest BCUT2D eigenvalue weighted by Gasteiger charge is 2.18. The Balaban J connectivity index is 1.82. The smallest absolute Gasteiger partial charge is 0.253 e. The molecule has 2 N–H and O–H groups in total. The zero-order valence-corrected chi connectivity index (χ0v) is 12.2. The summed E-state index contributed by atoms with van der Waals surface area (Å²) in [5.41, 5.74) is 1.87. The van der Waals surface area contributed by atoms with Crippen LogP contribution in [0.25, 0.3) is 0 Å². The molecule has 21 heavy (non-hydrogen) atoms. The number of carbonyl (C=O) groups excluding carboxylic acids is 1. The number of hydrogen-bond acceptors (Lipinski definition) is 2. The van der Waals surface area contributed by atoms with Gasteiger partial charge in [-0.1, -0.05) is 60.7 Å². The molecule has 1 amide bonds. The summed E-state index contributed by atoms with van der Waals surface area (Å²) in [5.74, 6) is -0.346. The molecule has 0 aliphatic rings. The Morgan fingerprint density at radius 2 is 1.62 bits per heavy atom. The maximum absolute atomic E-state index is 12.0. The number of aliphatic hydroxyl groups is 1. The third kappa shape index (κ3) is 4.72. The van der Waals surface area contributed by atoms with Gasteiger partial charge >= 0.3 is 0 Å². The van der Waals surface area contributed by atoms with Crippen molar-refractivity contribution in [2.24, 2.45) is 0 Å². The molecule has 2 aromatic carbocycles. The highest BCUT2D eigenvalue weighted by Crippen LogP contribution is 2.13. The first-order valence-corrected chi connectivity index (χ1v) is 7.24. The van der Waals surface area contributed by atoms with Crippen molar-refractivity contribution < 1.29 is 9.90 Å². The minimum Gasteiger partial charge on any atom is -0.378 e. The molecule has 2 rings (SSSR count). The van der Waals surface area contributed by atoms with E-state index in [4.69, 9.17) is 0 Å². The second-order valence-corrected chi connectivity index (χ2v) is 5.25. The molecular weight excluding hydrogens is 262 g/mol. The monoisotopic (exact) mass is 283 g/mol. The first kappa shape index (κ1) is 15.3. The van der Waals surface area contributed by atoms with Crippen molar-refractivity contribution in [2.75, 3.05) is 0 Å². The molecule has 2 atom stereocenters. The fraction of sp³-hybridized carbons (Fsp3) is 0.278. The lowest BCUT2D eigenvalue weighted by Gasteiger charge is -2.17. The molecule has 0 aliphatic heterocycles. The quantitative estimate of drug-likeness (QED) is 0.856. The number of benzene rings is 2. The Morgan fingerprint density at radius 3 is 2.24 bits per heavy atom. The predicted octanol–water partition coefficient (Wildman–Crippen LogP) is 2.86. The summed E-state index contributed by atoms with van der Waals surface area (Å²) in [5, 5.41) is 12.9. The van der Waals surface area contributed by atoms with Gasteiger partial charge in [0.15, 0.2) is 6.10 Å². The minimum atomic E-state index is -1.11. The zero-order valence-electron chi connectivity index (χ0n) is 12.2.